The minimum Gasteiger partial charge on any atom is -0.481 e. The smallest absolute Gasteiger partial charge is 0.305 e. The van der Waals surface area contributed by atoms with Gasteiger partial charge in [0.15, 0.2) is 0 Å². The first-order valence-electron chi connectivity index (χ1n) is 8.11. The standard InChI is InChI=1S/C18H19N5O3/c1-22-14-6-5-12(10-13(14)21-16(22)11-19)18(26)23(9-7-17(24)25)15-4-2-3-8-20-15/h2-6,8,10H,7,9,11,19H2,1H3,(H,24,25). The van der Waals surface area contributed by atoms with Gasteiger partial charge in [0.2, 0.25) is 0 Å². The summed E-state index contributed by atoms with van der Waals surface area (Å²) in [5.74, 6) is -0.183. The number of nitrogens with zero attached hydrogens (tertiary/aromatic N) is 4. The number of carboxylic acids is 1. The van der Waals surface area contributed by atoms with Crippen LogP contribution in [-0.4, -0.2) is 38.1 Å². The molecule has 26 heavy (non-hydrogen) atoms. The second kappa shape index (κ2) is 7.32. The number of aromatic nitrogens is 3. The molecule has 2 aromatic heterocycles. The van der Waals surface area contributed by atoms with Gasteiger partial charge in [0, 0.05) is 25.4 Å². The Morgan fingerprint density at radius 2 is 2.08 bits per heavy atom. The number of carbonyl (C=O) groups is 2. The first-order chi connectivity index (χ1) is 12.5. The molecule has 0 aliphatic carbocycles. The number of nitrogens with two attached hydrogens (primary N) is 1. The van der Waals surface area contributed by atoms with Gasteiger partial charge in [-0.25, -0.2) is 9.97 Å². The number of carboxylic acid groups (broad SMARTS) is 1. The molecule has 3 aromatic rings. The van der Waals surface area contributed by atoms with Crippen LogP contribution in [0.4, 0.5) is 5.82 Å². The predicted molar refractivity (Wildman–Crippen MR) is 96.8 cm³/mol. The van der Waals surface area contributed by atoms with Gasteiger partial charge in [0.1, 0.15) is 11.6 Å². The zero-order chi connectivity index (χ0) is 18.7. The summed E-state index contributed by atoms with van der Waals surface area (Å²) in [5.41, 5.74) is 7.63. The molecule has 3 N–H and O–H groups in total. The highest BCUT2D eigenvalue weighted by molar-refractivity contribution is 6.07. The summed E-state index contributed by atoms with van der Waals surface area (Å²) in [7, 11) is 1.87. The number of rotatable bonds is 6. The molecule has 0 radical (unpaired) electrons. The number of pyridine rings is 1. The molecule has 0 saturated carbocycles. The highest BCUT2D eigenvalue weighted by atomic mass is 16.4. The lowest BCUT2D eigenvalue weighted by Crippen LogP contribution is -2.33. The Labute approximate surface area is 149 Å². The monoisotopic (exact) mass is 353 g/mol. The molecular weight excluding hydrogens is 334 g/mol. The second-order valence-corrected chi connectivity index (χ2v) is 5.78. The largest absolute Gasteiger partial charge is 0.481 e. The molecule has 2 heterocycles. The van der Waals surface area contributed by atoms with E-state index in [1.807, 2.05) is 17.7 Å². The van der Waals surface area contributed by atoms with E-state index in [9.17, 15) is 9.59 Å². The lowest BCUT2D eigenvalue weighted by Gasteiger charge is -2.21. The summed E-state index contributed by atoms with van der Waals surface area (Å²) < 4.78 is 1.88. The quantitative estimate of drug-likeness (QED) is 0.695. The number of imidazole rings is 1. The number of hydrogen-bond donors (Lipinski definition) is 2. The van der Waals surface area contributed by atoms with Crippen molar-refractivity contribution in [2.24, 2.45) is 12.8 Å². The Bertz CT molecular complexity index is 952. The van der Waals surface area contributed by atoms with Crippen molar-refractivity contribution < 1.29 is 14.7 Å². The number of fused-ring (bicyclic) bond motifs is 1. The second-order valence-electron chi connectivity index (χ2n) is 5.78. The maximum Gasteiger partial charge on any atom is 0.305 e. The van der Waals surface area contributed by atoms with E-state index in [0.717, 1.165) is 11.3 Å². The fourth-order valence-electron chi connectivity index (χ4n) is 2.76. The Hall–Kier alpha value is -3.26. The molecule has 1 aromatic carbocycles. The van der Waals surface area contributed by atoms with Crippen molar-refractivity contribution in [1.82, 2.24) is 14.5 Å². The fraction of sp³-hybridized carbons (Fsp3) is 0.222. The lowest BCUT2D eigenvalue weighted by atomic mass is 10.1. The van der Waals surface area contributed by atoms with Crippen LogP contribution in [0, 0.1) is 0 Å². The molecule has 8 heteroatoms. The maximum absolute atomic E-state index is 13.0. The summed E-state index contributed by atoms with van der Waals surface area (Å²) in [5, 5.41) is 8.98. The van der Waals surface area contributed by atoms with Crippen LogP contribution in [0.2, 0.25) is 0 Å². The first-order valence-corrected chi connectivity index (χ1v) is 8.11. The molecule has 0 aliphatic rings. The van der Waals surface area contributed by atoms with E-state index in [2.05, 4.69) is 9.97 Å². The third kappa shape index (κ3) is 3.40. The van der Waals surface area contributed by atoms with Gasteiger partial charge in [-0.15, -0.1) is 0 Å². The number of aliphatic carboxylic acids is 1. The van der Waals surface area contributed by atoms with Crippen molar-refractivity contribution in [3.8, 4) is 0 Å². The molecule has 0 bridgehead atoms. The van der Waals surface area contributed by atoms with Crippen LogP contribution in [0.5, 0.6) is 0 Å². The molecule has 0 fully saturated rings. The zero-order valence-corrected chi connectivity index (χ0v) is 14.3. The Morgan fingerprint density at radius 1 is 1.27 bits per heavy atom. The fourth-order valence-corrected chi connectivity index (χ4v) is 2.76. The minimum absolute atomic E-state index is 0.0273. The number of hydrogen-bond acceptors (Lipinski definition) is 5. The van der Waals surface area contributed by atoms with Crippen LogP contribution in [-0.2, 0) is 18.4 Å². The van der Waals surface area contributed by atoms with Crippen molar-refractivity contribution in [3.63, 3.8) is 0 Å². The van der Waals surface area contributed by atoms with Crippen molar-refractivity contribution in [2.75, 3.05) is 11.4 Å². The number of benzene rings is 1. The summed E-state index contributed by atoms with van der Waals surface area (Å²) in [6.07, 6.45) is 1.39. The van der Waals surface area contributed by atoms with Gasteiger partial charge in [-0.2, -0.15) is 0 Å². The van der Waals surface area contributed by atoms with E-state index in [0.29, 0.717) is 23.4 Å². The van der Waals surface area contributed by atoms with E-state index in [1.165, 1.54) is 4.90 Å². The number of anilines is 1. The van der Waals surface area contributed by atoms with E-state index >= 15 is 0 Å². The van der Waals surface area contributed by atoms with Crippen LogP contribution >= 0.6 is 0 Å². The Kier molecular flexibility index (Phi) is 4.94. The highest BCUT2D eigenvalue weighted by Gasteiger charge is 2.20. The van der Waals surface area contributed by atoms with Crippen molar-refractivity contribution >= 4 is 28.7 Å². The molecule has 134 valence electrons. The van der Waals surface area contributed by atoms with Gasteiger partial charge >= 0.3 is 5.97 Å². The van der Waals surface area contributed by atoms with E-state index < -0.39 is 5.97 Å². The zero-order valence-electron chi connectivity index (χ0n) is 14.3. The summed E-state index contributed by atoms with van der Waals surface area (Å²) in [6.45, 7) is 0.326. The average molecular weight is 353 g/mol. The van der Waals surface area contributed by atoms with Crippen LogP contribution in [0.3, 0.4) is 0 Å². The normalized spacial score (nSPS) is 10.8. The number of carbonyl (C=O) groups excluding carboxylic acids is 1. The van der Waals surface area contributed by atoms with Gasteiger partial charge in [0.05, 0.1) is 24.0 Å². The van der Waals surface area contributed by atoms with E-state index in [-0.39, 0.29) is 18.9 Å². The van der Waals surface area contributed by atoms with Gasteiger partial charge in [-0.1, -0.05) is 6.07 Å². The summed E-state index contributed by atoms with van der Waals surface area (Å²) >= 11 is 0. The SMILES string of the molecule is Cn1c(CN)nc2cc(C(=O)N(CCC(=O)O)c3ccccn3)ccc21. The first kappa shape index (κ1) is 17.6. The number of aryl methyl sites for hydroxylation is 1. The molecular formula is C18H19N5O3. The van der Waals surface area contributed by atoms with Crippen LogP contribution in [0.25, 0.3) is 11.0 Å². The van der Waals surface area contributed by atoms with E-state index in [4.69, 9.17) is 10.8 Å². The summed E-state index contributed by atoms with van der Waals surface area (Å²) in [6, 6.07) is 10.3. The van der Waals surface area contributed by atoms with Gasteiger partial charge < -0.3 is 15.4 Å². The van der Waals surface area contributed by atoms with Crippen molar-refractivity contribution in [2.45, 2.75) is 13.0 Å². The molecule has 0 saturated heterocycles. The van der Waals surface area contributed by atoms with Crippen molar-refractivity contribution in [3.05, 3.63) is 54.0 Å². The van der Waals surface area contributed by atoms with Gasteiger partial charge in [0.25, 0.3) is 5.91 Å². The maximum atomic E-state index is 13.0. The minimum atomic E-state index is -0.980. The molecule has 3 rings (SSSR count). The Balaban J connectivity index is 1.97. The molecule has 0 unspecified atom stereocenters. The van der Waals surface area contributed by atoms with Gasteiger partial charge in [-0.3, -0.25) is 14.5 Å². The van der Waals surface area contributed by atoms with Crippen LogP contribution in [0.1, 0.15) is 22.6 Å². The number of amides is 1. The molecule has 8 nitrogen and oxygen atoms in total. The molecule has 1 amide bonds. The topological polar surface area (TPSA) is 114 Å². The Morgan fingerprint density at radius 3 is 2.73 bits per heavy atom. The predicted octanol–water partition coefficient (Wildman–Crippen LogP) is 1.55. The summed E-state index contributed by atoms with van der Waals surface area (Å²) in [4.78, 5) is 33.9. The van der Waals surface area contributed by atoms with Crippen LogP contribution < -0.4 is 10.6 Å². The van der Waals surface area contributed by atoms with Gasteiger partial charge in [-0.05, 0) is 30.3 Å². The molecule has 0 spiro atoms. The highest BCUT2D eigenvalue weighted by Crippen LogP contribution is 2.20. The third-order valence-corrected chi connectivity index (χ3v) is 4.12. The third-order valence-electron chi connectivity index (χ3n) is 4.12. The van der Waals surface area contributed by atoms with Crippen molar-refractivity contribution in [1.29, 1.82) is 0 Å². The molecule has 0 aliphatic heterocycles. The van der Waals surface area contributed by atoms with E-state index in [1.54, 1.807) is 36.5 Å². The molecule has 0 atom stereocenters. The average Bonchev–Trinajstić information content (AvgIpc) is 2.97. The van der Waals surface area contributed by atoms with Crippen LogP contribution in [0.15, 0.2) is 42.6 Å². The lowest BCUT2D eigenvalue weighted by molar-refractivity contribution is -0.136.